The molecule has 0 unspecified atom stereocenters. The van der Waals surface area contributed by atoms with Crippen molar-refractivity contribution in [3.63, 3.8) is 0 Å². The number of rotatable bonds is 5. The maximum absolute atomic E-state index is 12.4. The fraction of sp³-hybridized carbons (Fsp3) is 0.192. The van der Waals surface area contributed by atoms with Gasteiger partial charge in [-0.15, -0.1) is 0 Å². The third-order valence-corrected chi connectivity index (χ3v) is 5.93. The van der Waals surface area contributed by atoms with E-state index in [1.807, 2.05) is 66.5 Å². The molecule has 1 aromatic carbocycles. The van der Waals surface area contributed by atoms with Crippen molar-refractivity contribution in [1.29, 1.82) is 0 Å². The zero-order valence-electron chi connectivity index (χ0n) is 18.7. The average Bonchev–Trinajstić information content (AvgIpc) is 3.48. The number of urea groups is 1. The SMILES string of the molecule is CCn1cc(-c2ccnc3[nH]ccc23)c(-c2ccc(NC(=O)NC3=C(C)CCC=C3)cc2)n1. The van der Waals surface area contributed by atoms with Crippen LogP contribution < -0.4 is 10.6 Å². The molecule has 0 aliphatic heterocycles. The minimum Gasteiger partial charge on any atom is -0.346 e. The van der Waals surface area contributed by atoms with E-state index in [1.165, 1.54) is 5.57 Å². The first-order valence-corrected chi connectivity index (χ1v) is 11.2. The number of fused-ring (bicyclic) bond motifs is 1. The summed E-state index contributed by atoms with van der Waals surface area (Å²) in [5.74, 6) is 0. The van der Waals surface area contributed by atoms with Crippen LogP contribution in [0.5, 0.6) is 0 Å². The van der Waals surface area contributed by atoms with Gasteiger partial charge >= 0.3 is 6.03 Å². The number of pyridine rings is 1. The van der Waals surface area contributed by atoms with Crippen molar-refractivity contribution >= 4 is 22.8 Å². The van der Waals surface area contributed by atoms with E-state index in [1.54, 1.807) is 0 Å². The van der Waals surface area contributed by atoms with Crippen molar-refractivity contribution in [2.75, 3.05) is 5.32 Å². The number of nitrogens with one attached hydrogen (secondary N) is 3. The average molecular weight is 439 g/mol. The summed E-state index contributed by atoms with van der Waals surface area (Å²) in [5.41, 5.74) is 7.66. The lowest BCUT2D eigenvalue weighted by Crippen LogP contribution is -2.28. The highest BCUT2D eigenvalue weighted by molar-refractivity contribution is 5.97. The van der Waals surface area contributed by atoms with Crippen LogP contribution >= 0.6 is 0 Å². The molecule has 3 aromatic heterocycles. The monoisotopic (exact) mass is 438 g/mol. The molecule has 0 saturated carbocycles. The predicted octanol–water partition coefficient (Wildman–Crippen LogP) is 5.86. The van der Waals surface area contributed by atoms with Gasteiger partial charge in [-0.05, 0) is 68.2 Å². The van der Waals surface area contributed by atoms with Crippen molar-refractivity contribution in [2.45, 2.75) is 33.2 Å². The molecule has 1 aliphatic rings. The molecule has 0 spiro atoms. The van der Waals surface area contributed by atoms with Crippen LogP contribution in [0, 0.1) is 0 Å². The maximum Gasteiger partial charge on any atom is 0.323 e. The van der Waals surface area contributed by atoms with Crippen LogP contribution in [0.4, 0.5) is 10.5 Å². The molecular weight excluding hydrogens is 412 g/mol. The number of H-pyrrole nitrogens is 1. The van der Waals surface area contributed by atoms with Gasteiger partial charge in [-0.3, -0.25) is 4.68 Å². The van der Waals surface area contributed by atoms with E-state index in [2.05, 4.69) is 39.8 Å². The lowest BCUT2D eigenvalue weighted by atomic mass is 10.0. The zero-order valence-corrected chi connectivity index (χ0v) is 18.7. The first-order valence-electron chi connectivity index (χ1n) is 11.2. The molecule has 33 heavy (non-hydrogen) atoms. The van der Waals surface area contributed by atoms with Crippen LogP contribution in [0.1, 0.15) is 26.7 Å². The van der Waals surface area contributed by atoms with Crippen LogP contribution in [-0.2, 0) is 6.54 Å². The zero-order chi connectivity index (χ0) is 22.8. The van der Waals surface area contributed by atoms with Crippen molar-refractivity contribution in [2.24, 2.45) is 0 Å². The molecule has 4 aromatic rings. The number of aryl methyl sites for hydroxylation is 1. The second-order valence-corrected chi connectivity index (χ2v) is 8.14. The van der Waals surface area contributed by atoms with E-state index < -0.39 is 0 Å². The molecule has 166 valence electrons. The molecular formula is C26H26N6O. The van der Waals surface area contributed by atoms with Gasteiger partial charge in [0.25, 0.3) is 0 Å². The highest BCUT2D eigenvalue weighted by Crippen LogP contribution is 2.35. The summed E-state index contributed by atoms with van der Waals surface area (Å²) in [6.45, 7) is 4.89. The molecule has 0 fully saturated rings. The van der Waals surface area contributed by atoms with Crippen molar-refractivity contribution < 1.29 is 4.79 Å². The molecule has 7 heteroatoms. The number of carbonyl (C=O) groups excluding carboxylic acids is 1. The molecule has 3 N–H and O–H groups in total. The number of allylic oxidation sites excluding steroid dienone is 3. The van der Waals surface area contributed by atoms with E-state index in [-0.39, 0.29) is 6.03 Å². The third-order valence-electron chi connectivity index (χ3n) is 5.93. The summed E-state index contributed by atoms with van der Waals surface area (Å²) in [4.78, 5) is 20.0. The van der Waals surface area contributed by atoms with Crippen molar-refractivity contribution in [3.8, 4) is 22.4 Å². The van der Waals surface area contributed by atoms with Gasteiger partial charge < -0.3 is 15.6 Å². The molecule has 0 radical (unpaired) electrons. The standard InChI is InChI=1S/C26H26N6O/c1-3-32-16-22(20-12-14-27-25-21(20)13-15-28-25)24(31-32)18-8-10-19(11-9-18)29-26(33)30-23-7-5-4-6-17(23)2/h5,7-16H,3-4,6H2,1-2H3,(H,27,28)(H2,29,30,33). The van der Waals surface area contributed by atoms with E-state index >= 15 is 0 Å². The minimum atomic E-state index is -0.244. The molecule has 3 heterocycles. The number of aromatic nitrogens is 4. The number of benzene rings is 1. The summed E-state index contributed by atoms with van der Waals surface area (Å²) in [5, 5.41) is 11.7. The van der Waals surface area contributed by atoms with E-state index in [4.69, 9.17) is 5.10 Å². The fourth-order valence-corrected chi connectivity index (χ4v) is 4.11. The maximum atomic E-state index is 12.4. The largest absolute Gasteiger partial charge is 0.346 e. The Morgan fingerprint density at radius 3 is 2.76 bits per heavy atom. The topological polar surface area (TPSA) is 87.6 Å². The van der Waals surface area contributed by atoms with Crippen molar-refractivity contribution in [3.05, 3.63) is 78.4 Å². The van der Waals surface area contributed by atoms with Gasteiger partial charge in [0.05, 0.1) is 0 Å². The smallest absolute Gasteiger partial charge is 0.323 e. The number of hydrogen-bond donors (Lipinski definition) is 3. The molecule has 5 rings (SSSR count). The van der Waals surface area contributed by atoms with Crippen LogP contribution in [0.25, 0.3) is 33.4 Å². The molecule has 1 aliphatic carbocycles. The summed E-state index contributed by atoms with van der Waals surface area (Å²) in [6, 6.07) is 11.6. The molecule has 2 amide bonds. The van der Waals surface area contributed by atoms with Crippen LogP contribution in [-0.4, -0.2) is 25.8 Å². The lowest BCUT2D eigenvalue weighted by molar-refractivity contribution is 0.254. The number of carbonyl (C=O) groups is 1. The Bertz CT molecular complexity index is 1370. The van der Waals surface area contributed by atoms with Gasteiger partial charge in [0.2, 0.25) is 0 Å². The Labute approximate surface area is 192 Å². The number of hydrogen-bond acceptors (Lipinski definition) is 3. The second kappa shape index (κ2) is 8.78. The fourth-order valence-electron chi connectivity index (χ4n) is 4.11. The lowest BCUT2D eigenvalue weighted by Gasteiger charge is -2.14. The summed E-state index contributed by atoms with van der Waals surface area (Å²) < 4.78 is 1.94. The predicted molar refractivity (Wildman–Crippen MR) is 132 cm³/mol. The van der Waals surface area contributed by atoms with E-state index in [9.17, 15) is 4.79 Å². The second-order valence-electron chi connectivity index (χ2n) is 8.14. The molecule has 0 saturated heterocycles. The normalized spacial score (nSPS) is 13.5. The number of aromatic amines is 1. The Balaban J connectivity index is 1.41. The first kappa shape index (κ1) is 20.8. The van der Waals surface area contributed by atoms with E-state index in [0.717, 1.165) is 64.2 Å². The van der Waals surface area contributed by atoms with Gasteiger partial charge in [0, 0.05) is 53.0 Å². The van der Waals surface area contributed by atoms with Crippen LogP contribution in [0.15, 0.2) is 78.4 Å². The number of anilines is 1. The number of nitrogens with zero attached hydrogens (tertiary/aromatic N) is 3. The van der Waals surface area contributed by atoms with Gasteiger partial charge in [-0.2, -0.15) is 5.10 Å². The van der Waals surface area contributed by atoms with Gasteiger partial charge in [0.15, 0.2) is 0 Å². The van der Waals surface area contributed by atoms with E-state index in [0.29, 0.717) is 0 Å². The van der Waals surface area contributed by atoms with Crippen molar-refractivity contribution in [1.82, 2.24) is 25.1 Å². The van der Waals surface area contributed by atoms with Gasteiger partial charge in [-0.1, -0.05) is 18.2 Å². The summed E-state index contributed by atoms with van der Waals surface area (Å²) >= 11 is 0. The number of amides is 2. The Morgan fingerprint density at radius 2 is 1.97 bits per heavy atom. The Kier molecular flexibility index (Phi) is 5.52. The highest BCUT2D eigenvalue weighted by atomic mass is 16.2. The minimum absolute atomic E-state index is 0.244. The first-order chi connectivity index (χ1) is 16.1. The van der Waals surface area contributed by atoms with Crippen LogP contribution in [0.3, 0.4) is 0 Å². The molecule has 0 atom stereocenters. The van der Waals surface area contributed by atoms with Crippen LogP contribution in [0.2, 0.25) is 0 Å². The molecule has 0 bridgehead atoms. The molecule has 7 nitrogen and oxygen atoms in total. The van der Waals surface area contributed by atoms with Gasteiger partial charge in [-0.25, -0.2) is 9.78 Å². The Morgan fingerprint density at radius 1 is 1.12 bits per heavy atom. The quantitative estimate of drug-likeness (QED) is 0.365. The Hall–Kier alpha value is -4.13. The summed E-state index contributed by atoms with van der Waals surface area (Å²) in [7, 11) is 0. The highest BCUT2D eigenvalue weighted by Gasteiger charge is 2.16. The third kappa shape index (κ3) is 4.17. The van der Waals surface area contributed by atoms with Gasteiger partial charge in [0.1, 0.15) is 11.3 Å². The summed E-state index contributed by atoms with van der Waals surface area (Å²) in [6.07, 6.45) is 11.8.